The monoisotopic (exact) mass is 303 g/mol. The average molecular weight is 303 g/mol. The van der Waals surface area contributed by atoms with Crippen LogP contribution in [0.2, 0.25) is 0 Å². The van der Waals surface area contributed by atoms with Gasteiger partial charge in [0.15, 0.2) is 9.84 Å². The first-order valence-corrected chi connectivity index (χ1v) is 8.25. The van der Waals surface area contributed by atoms with Gasteiger partial charge in [-0.15, -0.1) is 0 Å². The van der Waals surface area contributed by atoms with Crippen molar-refractivity contribution in [3.8, 4) is 5.75 Å². The van der Waals surface area contributed by atoms with E-state index in [2.05, 4.69) is 0 Å². The second kappa shape index (κ2) is 5.16. The molecular weight excluding hydrogens is 286 g/mol. The third kappa shape index (κ3) is 2.22. The van der Waals surface area contributed by atoms with Gasteiger partial charge in [-0.3, -0.25) is 4.90 Å². The fourth-order valence-corrected chi connectivity index (χ4v) is 4.79. The van der Waals surface area contributed by atoms with E-state index in [1.165, 1.54) is 0 Å². The van der Waals surface area contributed by atoms with Crippen molar-refractivity contribution in [1.29, 1.82) is 0 Å². The third-order valence-electron chi connectivity index (χ3n) is 3.83. The number of ether oxygens (including phenoxy) is 1. The Kier molecular flexibility index (Phi) is 3.47. The summed E-state index contributed by atoms with van der Waals surface area (Å²) in [5.74, 6) is 0.741. The molecule has 2 aromatic rings. The molecular formula is C16H17NO3S. The van der Waals surface area contributed by atoms with E-state index in [4.69, 9.17) is 4.74 Å². The van der Waals surface area contributed by atoms with Gasteiger partial charge >= 0.3 is 0 Å². The van der Waals surface area contributed by atoms with Gasteiger partial charge in [-0.1, -0.05) is 30.3 Å². The summed E-state index contributed by atoms with van der Waals surface area (Å²) in [6.45, 7) is 0.566. The molecule has 0 saturated carbocycles. The minimum atomic E-state index is -3.46. The molecule has 0 radical (unpaired) electrons. The van der Waals surface area contributed by atoms with Crippen LogP contribution in [-0.2, 0) is 16.4 Å². The molecule has 0 aliphatic carbocycles. The summed E-state index contributed by atoms with van der Waals surface area (Å²) < 4.78 is 31.2. The van der Waals surface area contributed by atoms with Gasteiger partial charge < -0.3 is 4.74 Å². The van der Waals surface area contributed by atoms with Crippen LogP contribution in [0.25, 0.3) is 0 Å². The van der Waals surface area contributed by atoms with Crippen LogP contribution in [-0.4, -0.2) is 27.5 Å². The Morgan fingerprint density at radius 1 is 1.10 bits per heavy atom. The molecule has 2 aromatic carbocycles. The quantitative estimate of drug-likeness (QED) is 0.874. The van der Waals surface area contributed by atoms with Crippen molar-refractivity contribution in [2.75, 3.05) is 14.2 Å². The standard InChI is InChI=1S/C16H17NO3S/c1-17-11-14-13(9-6-10-15(14)20-2)16(17)21(18,19)12-7-4-3-5-8-12/h3-10,16H,11H2,1-2H3. The van der Waals surface area contributed by atoms with Gasteiger partial charge in [-0.25, -0.2) is 8.42 Å². The van der Waals surface area contributed by atoms with Crippen molar-refractivity contribution < 1.29 is 13.2 Å². The summed E-state index contributed by atoms with van der Waals surface area (Å²) in [6.07, 6.45) is 0. The van der Waals surface area contributed by atoms with Crippen LogP contribution in [0.3, 0.4) is 0 Å². The fraction of sp³-hybridized carbons (Fsp3) is 0.250. The van der Waals surface area contributed by atoms with Gasteiger partial charge in [0.25, 0.3) is 0 Å². The lowest BCUT2D eigenvalue weighted by atomic mass is 10.1. The van der Waals surface area contributed by atoms with Crippen LogP contribution >= 0.6 is 0 Å². The molecule has 0 fully saturated rings. The van der Waals surface area contributed by atoms with Crippen LogP contribution < -0.4 is 4.74 Å². The molecule has 0 saturated heterocycles. The molecule has 0 aromatic heterocycles. The van der Waals surface area contributed by atoms with E-state index in [1.807, 2.05) is 36.2 Å². The van der Waals surface area contributed by atoms with Crippen LogP contribution in [0, 0.1) is 0 Å². The first-order valence-electron chi connectivity index (χ1n) is 6.70. The lowest BCUT2D eigenvalue weighted by Crippen LogP contribution is -2.25. The van der Waals surface area contributed by atoms with E-state index in [-0.39, 0.29) is 0 Å². The van der Waals surface area contributed by atoms with Gasteiger partial charge in [-0.05, 0) is 30.8 Å². The van der Waals surface area contributed by atoms with Crippen molar-refractivity contribution in [2.24, 2.45) is 0 Å². The molecule has 3 rings (SSSR count). The Hall–Kier alpha value is -1.85. The summed E-state index contributed by atoms with van der Waals surface area (Å²) >= 11 is 0. The van der Waals surface area contributed by atoms with Crippen molar-refractivity contribution in [3.63, 3.8) is 0 Å². The number of hydrogen-bond acceptors (Lipinski definition) is 4. The summed E-state index contributed by atoms with van der Waals surface area (Å²) in [6, 6.07) is 14.2. The zero-order valence-electron chi connectivity index (χ0n) is 12.0. The van der Waals surface area contributed by atoms with Crippen LogP contribution in [0.15, 0.2) is 53.4 Å². The Balaban J connectivity index is 2.14. The lowest BCUT2D eigenvalue weighted by Gasteiger charge is -2.20. The van der Waals surface area contributed by atoms with Crippen molar-refractivity contribution in [3.05, 3.63) is 59.7 Å². The number of methoxy groups -OCH3 is 1. The summed E-state index contributed by atoms with van der Waals surface area (Å²) in [5.41, 5.74) is 1.76. The van der Waals surface area contributed by atoms with Crippen LogP contribution in [0.4, 0.5) is 0 Å². The van der Waals surface area contributed by atoms with Gasteiger partial charge in [0.1, 0.15) is 11.1 Å². The molecule has 4 nitrogen and oxygen atoms in total. The molecule has 1 unspecified atom stereocenters. The average Bonchev–Trinajstić information content (AvgIpc) is 2.84. The topological polar surface area (TPSA) is 46.6 Å². The minimum Gasteiger partial charge on any atom is -0.496 e. The highest BCUT2D eigenvalue weighted by Crippen LogP contribution is 2.42. The van der Waals surface area contributed by atoms with Crippen LogP contribution in [0.1, 0.15) is 16.5 Å². The zero-order chi connectivity index (χ0) is 15.0. The number of fused-ring (bicyclic) bond motifs is 1. The maximum Gasteiger partial charge on any atom is 0.198 e. The highest BCUT2D eigenvalue weighted by atomic mass is 32.2. The number of benzene rings is 2. The Morgan fingerprint density at radius 3 is 2.48 bits per heavy atom. The minimum absolute atomic E-state index is 0.345. The maximum atomic E-state index is 12.9. The predicted octanol–water partition coefficient (Wildman–Crippen LogP) is 2.61. The second-order valence-corrected chi connectivity index (χ2v) is 7.16. The Bertz CT molecular complexity index is 756. The molecule has 1 aliphatic heterocycles. The summed E-state index contributed by atoms with van der Waals surface area (Å²) in [5, 5.41) is -0.662. The number of rotatable bonds is 3. The number of hydrogen-bond donors (Lipinski definition) is 0. The van der Waals surface area contributed by atoms with Crippen LogP contribution in [0.5, 0.6) is 5.75 Å². The molecule has 110 valence electrons. The van der Waals surface area contributed by atoms with Gasteiger partial charge in [0, 0.05) is 12.1 Å². The summed E-state index contributed by atoms with van der Waals surface area (Å²) in [7, 11) is -0.0261. The molecule has 0 N–H and O–H groups in total. The van der Waals surface area contributed by atoms with Crippen molar-refractivity contribution >= 4 is 9.84 Å². The number of sulfone groups is 1. The second-order valence-electron chi connectivity index (χ2n) is 5.15. The first-order chi connectivity index (χ1) is 10.1. The predicted molar refractivity (Wildman–Crippen MR) is 80.8 cm³/mol. The van der Waals surface area contributed by atoms with Gasteiger partial charge in [0.05, 0.1) is 12.0 Å². The van der Waals surface area contributed by atoms with Gasteiger partial charge in [-0.2, -0.15) is 0 Å². The molecule has 1 aliphatic rings. The third-order valence-corrected chi connectivity index (χ3v) is 5.96. The molecule has 1 heterocycles. The fourth-order valence-electron chi connectivity index (χ4n) is 2.89. The first kappa shape index (κ1) is 14.1. The normalized spacial score (nSPS) is 18.5. The zero-order valence-corrected chi connectivity index (χ0v) is 12.8. The summed E-state index contributed by atoms with van der Waals surface area (Å²) in [4.78, 5) is 2.19. The molecule has 21 heavy (non-hydrogen) atoms. The molecule has 0 bridgehead atoms. The molecule has 0 spiro atoms. The van der Waals surface area contributed by atoms with E-state index in [0.717, 1.165) is 16.9 Å². The van der Waals surface area contributed by atoms with Gasteiger partial charge in [0.2, 0.25) is 0 Å². The lowest BCUT2D eigenvalue weighted by molar-refractivity contribution is 0.325. The SMILES string of the molecule is COc1cccc2c1CN(C)C2S(=O)(=O)c1ccccc1. The van der Waals surface area contributed by atoms with Crippen molar-refractivity contribution in [1.82, 2.24) is 4.90 Å². The highest BCUT2D eigenvalue weighted by molar-refractivity contribution is 7.91. The highest BCUT2D eigenvalue weighted by Gasteiger charge is 2.39. The van der Waals surface area contributed by atoms with E-state index in [9.17, 15) is 8.42 Å². The Morgan fingerprint density at radius 2 is 1.81 bits per heavy atom. The van der Waals surface area contributed by atoms with E-state index in [0.29, 0.717) is 11.4 Å². The maximum absolute atomic E-state index is 12.9. The van der Waals surface area contributed by atoms with Crippen molar-refractivity contribution in [2.45, 2.75) is 16.8 Å². The van der Waals surface area contributed by atoms with E-state index >= 15 is 0 Å². The molecule has 5 heteroatoms. The Labute approximate surface area is 124 Å². The molecule has 1 atom stereocenters. The smallest absolute Gasteiger partial charge is 0.198 e. The van der Waals surface area contributed by atoms with E-state index < -0.39 is 15.2 Å². The largest absolute Gasteiger partial charge is 0.496 e. The molecule has 0 amide bonds. The number of nitrogens with zero attached hydrogens (tertiary/aromatic N) is 1. The van der Waals surface area contributed by atoms with E-state index in [1.54, 1.807) is 31.4 Å².